The van der Waals surface area contributed by atoms with E-state index < -0.39 is 0 Å². The van der Waals surface area contributed by atoms with Gasteiger partial charge in [-0.3, -0.25) is 4.79 Å². The average Bonchev–Trinajstić information content (AvgIpc) is 2.74. The number of aromatic nitrogens is 1. The van der Waals surface area contributed by atoms with Gasteiger partial charge in [0.15, 0.2) is 0 Å². The highest BCUT2D eigenvalue weighted by molar-refractivity contribution is 7.11. The van der Waals surface area contributed by atoms with Gasteiger partial charge in [0.25, 0.3) is 5.91 Å². The van der Waals surface area contributed by atoms with Crippen LogP contribution in [0.15, 0.2) is 5.51 Å². The quantitative estimate of drug-likeness (QED) is 0.874. The van der Waals surface area contributed by atoms with Crippen LogP contribution in [-0.4, -0.2) is 34.9 Å². The fourth-order valence-corrected chi connectivity index (χ4v) is 3.11. The molecular weight excluding hydrogens is 234 g/mol. The van der Waals surface area contributed by atoms with Crippen molar-refractivity contribution in [3.63, 3.8) is 0 Å². The SMILES string of the molecule is Cc1ncsc1C(=O)N(C)C1CCC(N)CC1. The van der Waals surface area contributed by atoms with Crippen LogP contribution in [0.25, 0.3) is 0 Å². The molecular formula is C12H19N3OS. The molecule has 1 aliphatic rings. The minimum atomic E-state index is 0.102. The molecule has 1 amide bonds. The molecule has 0 radical (unpaired) electrons. The Labute approximate surface area is 106 Å². The monoisotopic (exact) mass is 253 g/mol. The van der Waals surface area contributed by atoms with Crippen molar-refractivity contribution < 1.29 is 4.79 Å². The molecule has 94 valence electrons. The van der Waals surface area contributed by atoms with E-state index in [1.165, 1.54) is 11.3 Å². The first-order chi connectivity index (χ1) is 8.09. The molecule has 4 nitrogen and oxygen atoms in total. The minimum absolute atomic E-state index is 0.102. The van der Waals surface area contributed by atoms with E-state index in [0.29, 0.717) is 12.1 Å². The molecule has 1 saturated carbocycles. The lowest BCUT2D eigenvalue weighted by Crippen LogP contribution is -2.41. The van der Waals surface area contributed by atoms with Crippen molar-refractivity contribution in [1.29, 1.82) is 0 Å². The van der Waals surface area contributed by atoms with Gasteiger partial charge in [-0.05, 0) is 32.6 Å². The number of carbonyl (C=O) groups is 1. The molecule has 17 heavy (non-hydrogen) atoms. The predicted molar refractivity (Wildman–Crippen MR) is 69.2 cm³/mol. The molecule has 0 atom stereocenters. The maximum Gasteiger partial charge on any atom is 0.265 e. The summed E-state index contributed by atoms with van der Waals surface area (Å²) in [5, 5.41) is 0. The number of amides is 1. The second-order valence-corrected chi connectivity index (χ2v) is 5.61. The number of hydrogen-bond acceptors (Lipinski definition) is 4. The van der Waals surface area contributed by atoms with E-state index in [2.05, 4.69) is 4.98 Å². The van der Waals surface area contributed by atoms with Gasteiger partial charge in [-0.2, -0.15) is 0 Å². The third-order valence-corrected chi connectivity index (χ3v) is 4.47. The van der Waals surface area contributed by atoms with Gasteiger partial charge < -0.3 is 10.6 Å². The summed E-state index contributed by atoms with van der Waals surface area (Å²) in [4.78, 5) is 19.0. The van der Waals surface area contributed by atoms with Crippen LogP contribution in [0.5, 0.6) is 0 Å². The molecule has 1 aromatic rings. The smallest absolute Gasteiger partial charge is 0.265 e. The van der Waals surface area contributed by atoms with Crippen molar-refractivity contribution in [3.05, 3.63) is 16.1 Å². The zero-order chi connectivity index (χ0) is 12.4. The van der Waals surface area contributed by atoms with Crippen molar-refractivity contribution in [2.75, 3.05) is 7.05 Å². The summed E-state index contributed by atoms with van der Waals surface area (Å²) in [5.74, 6) is 0.102. The second kappa shape index (κ2) is 5.14. The Morgan fingerprint density at radius 3 is 2.65 bits per heavy atom. The van der Waals surface area contributed by atoms with Crippen molar-refractivity contribution in [2.45, 2.75) is 44.7 Å². The number of thiazole rings is 1. The van der Waals surface area contributed by atoms with Gasteiger partial charge in [0.2, 0.25) is 0 Å². The van der Waals surface area contributed by atoms with Crippen LogP contribution < -0.4 is 5.73 Å². The predicted octanol–water partition coefficient (Wildman–Crippen LogP) is 1.79. The topological polar surface area (TPSA) is 59.2 Å². The van der Waals surface area contributed by atoms with Crippen LogP contribution >= 0.6 is 11.3 Å². The number of carbonyl (C=O) groups excluding carboxylic acids is 1. The largest absolute Gasteiger partial charge is 0.338 e. The van der Waals surface area contributed by atoms with Gasteiger partial charge in [-0.15, -0.1) is 11.3 Å². The van der Waals surface area contributed by atoms with E-state index >= 15 is 0 Å². The van der Waals surface area contributed by atoms with Crippen LogP contribution in [0, 0.1) is 6.92 Å². The second-order valence-electron chi connectivity index (χ2n) is 4.75. The highest BCUT2D eigenvalue weighted by Crippen LogP contribution is 2.24. The van der Waals surface area contributed by atoms with E-state index in [1.807, 2.05) is 18.9 Å². The summed E-state index contributed by atoms with van der Waals surface area (Å²) in [6, 6.07) is 0.656. The van der Waals surface area contributed by atoms with E-state index in [0.717, 1.165) is 36.3 Å². The van der Waals surface area contributed by atoms with Gasteiger partial charge in [-0.1, -0.05) is 0 Å². The fourth-order valence-electron chi connectivity index (χ4n) is 2.32. The van der Waals surface area contributed by atoms with E-state index in [-0.39, 0.29) is 5.91 Å². The number of nitrogens with zero attached hydrogens (tertiary/aromatic N) is 2. The summed E-state index contributed by atoms with van der Waals surface area (Å²) >= 11 is 1.42. The van der Waals surface area contributed by atoms with Gasteiger partial charge in [0, 0.05) is 19.1 Å². The molecule has 1 fully saturated rings. The number of rotatable bonds is 2. The average molecular weight is 253 g/mol. The molecule has 1 heterocycles. The lowest BCUT2D eigenvalue weighted by Gasteiger charge is -2.33. The summed E-state index contributed by atoms with van der Waals surface area (Å²) in [6.45, 7) is 1.88. The van der Waals surface area contributed by atoms with Gasteiger partial charge in [-0.25, -0.2) is 4.98 Å². The molecule has 2 N–H and O–H groups in total. The molecule has 0 saturated heterocycles. The Morgan fingerprint density at radius 1 is 1.47 bits per heavy atom. The minimum Gasteiger partial charge on any atom is -0.338 e. The maximum atomic E-state index is 12.3. The van der Waals surface area contributed by atoms with Crippen LogP contribution in [0.3, 0.4) is 0 Å². The first kappa shape index (κ1) is 12.5. The van der Waals surface area contributed by atoms with Gasteiger partial charge >= 0.3 is 0 Å². The van der Waals surface area contributed by atoms with Crippen LogP contribution in [-0.2, 0) is 0 Å². The molecule has 1 aliphatic carbocycles. The van der Waals surface area contributed by atoms with Crippen molar-refractivity contribution in [1.82, 2.24) is 9.88 Å². The van der Waals surface area contributed by atoms with Crippen LogP contribution in [0.4, 0.5) is 0 Å². The molecule has 0 unspecified atom stereocenters. The maximum absolute atomic E-state index is 12.3. The van der Waals surface area contributed by atoms with Crippen molar-refractivity contribution in [2.24, 2.45) is 5.73 Å². The Bertz CT molecular complexity index is 396. The van der Waals surface area contributed by atoms with E-state index in [1.54, 1.807) is 5.51 Å². The molecule has 0 aliphatic heterocycles. The first-order valence-corrected chi connectivity index (χ1v) is 6.90. The van der Waals surface area contributed by atoms with Gasteiger partial charge in [0.1, 0.15) is 4.88 Å². The Morgan fingerprint density at radius 2 is 2.12 bits per heavy atom. The summed E-state index contributed by atoms with van der Waals surface area (Å²) in [6.07, 6.45) is 4.07. The lowest BCUT2D eigenvalue weighted by atomic mass is 9.91. The standard InChI is InChI=1S/C12H19N3OS/c1-8-11(17-7-14-8)12(16)15(2)10-5-3-9(13)4-6-10/h7,9-10H,3-6,13H2,1-2H3. The Kier molecular flexibility index (Phi) is 3.79. The first-order valence-electron chi connectivity index (χ1n) is 6.02. The zero-order valence-corrected chi connectivity index (χ0v) is 11.2. The molecule has 0 spiro atoms. The van der Waals surface area contributed by atoms with Crippen molar-refractivity contribution >= 4 is 17.2 Å². The van der Waals surface area contributed by atoms with Crippen LogP contribution in [0.2, 0.25) is 0 Å². The zero-order valence-electron chi connectivity index (χ0n) is 10.3. The molecule has 0 bridgehead atoms. The number of nitrogens with two attached hydrogens (primary N) is 1. The fraction of sp³-hybridized carbons (Fsp3) is 0.667. The highest BCUT2D eigenvalue weighted by atomic mass is 32.1. The Hall–Kier alpha value is -0.940. The van der Waals surface area contributed by atoms with E-state index in [4.69, 9.17) is 5.73 Å². The third-order valence-electron chi connectivity index (χ3n) is 3.55. The van der Waals surface area contributed by atoms with Crippen LogP contribution in [0.1, 0.15) is 41.0 Å². The summed E-state index contributed by atoms with van der Waals surface area (Å²) < 4.78 is 0. The number of aryl methyl sites for hydroxylation is 1. The van der Waals surface area contributed by atoms with Gasteiger partial charge in [0.05, 0.1) is 11.2 Å². The molecule has 5 heteroatoms. The normalized spacial score (nSPS) is 24.6. The third kappa shape index (κ3) is 2.66. The highest BCUT2D eigenvalue weighted by Gasteiger charge is 2.26. The molecule has 2 rings (SSSR count). The summed E-state index contributed by atoms with van der Waals surface area (Å²) in [5.41, 5.74) is 8.44. The van der Waals surface area contributed by atoms with Crippen molar-refractivity contribution in [3.8, 4) is 0 Å². The molecule has 0 aromatic carbocycles. The number of hydrogen-bond donors (Lipinski definition) is 1. The lowest BCUT2D eigenvalue weighted by molar-refractivity contribution is 0.0694. The van der Waals surface area contributed by atoms with E-state index in [9.17, 15) is 4.79 Å². The molecule has 1 aromatic heterocycles. The summed E-state index contributed by atoms with van der Waals surface area (Å²) in [7, 11) is 1.89. The Balaban J connectivity index is 2.03.